The fourth-order valence-electron chi connectivity index (χ4n) is 5.33. The molecule has 0 saturated carbocycles. The summed E-state index contributed by atoms with van der Waals surface area (Å²) in [6.07, 6.45) is 45.5. The molecular formula is C43H76NO9P. The van der Waals surface area contributed by atoms with Crippen LogP contribution in [0.1, 0.15) is 162 Å². The summed E-state index contributed by atoms with van der Waals surface area (Å²) in [5.74, 6) is -1.80. The zero-order chi connectivity index (χ0) is 39.8. The molecule has 3 atom stereocenters. The first kappa shape index (κ1) is 51.7. The van der Waals surface area contributed by atoms with Crippen LogP contribution in [0.4, 0.5) is 0 Å². The van der Waals surface area contributed by atoms with Crippen molar-refractivity contribution in [3.63, 3.8) is 0 Å². The highest BCUT2D eigenvalue weighted by atomic mass is 31.2. The molecule has 0 aromatic rings. The molecule has 0 amide bonds. The molecule has 0 aromatic heterocycles. The normalized spacial score (nSPS) is 14.6. The molecular weight excluding hydrogens is 705 g/mol. The van der Waals surface area contributed by atoms with Gasteiger partial charge in [0, 0.05) is 13.0 Å². The molecule has 0 aliphatic rings. The number of carbonyl (C=O) groups is 2. The van der Waals surface area contributed by atoms with Gasteiger partial charge in [0.25, 0.3) is 0 Å². The van der Waals surface area contributed by atoms with E-state index in [4.69, 9.17) is 29.4 Å². The number of rotatable bonds is 39. The molecule has 0 aliphatic heterocycles. The van der Waals surface area contributed by atoms with Crippen LogP contribution in [-0.2, 0) is 32.7 Å². The van der Waals surface area contributed by atoms with Gasteiger partial charge >= 0.3 is 19.8 Å². The number of carbonyl (C=O) groups excluding carboxylic acids is 1. The number of carboxylic acids is 1. The minimum Gasteiger partial charge on any atom is -0.480 e. The lowest BCUT2D eigenvalue weighted by molar-refractivity contribution is -0.154. The highest BCUT2D eigenvalue weighted by Crippen LogP contribution is 2.43. The molecule has 0 fully saturated rings. The van der Waals surface area contributed by atoms with E-state index in [-0.39, 0.29) is 13.0 Å². The van der Waals surface area contributed by atoms with Crippen molar-refractivity contribution in [2.24, 2.45) is 5.73 Å². The molecule has 10 nitrogen and oxygen atoms in total. The predicted octanol–water partition coefficient (Wildman–Crippen LogP) is 11.3. The van der Waals surface area contributed by atoms with Crippen LogP contribution in [0.3, 0.4) is 0 Å². The van der Waals surface area contributed by atoms with E-state index >= 15 is 0 Å². The van der Waals surface area contributed by atoms with E-state index in [9.17, 15) is 19.0 Å². The fourth-order valence-corrected chi connectivity index (χ4v) is 6.11. The van der Waals surface area contributed by atoms with Gasteiger partial charge in [0.2, 0.25) is 0 Å². The van der Waals surface area contributed by atoms with Crippen molar-refractivity contribution in [1.29, 1.82) is 0 Å². The molecule has 0 radical (unpaired) electrons. The Morgan fingerprint density at radius 2 is 1.07 bits per heavy atom. The molecule has 312 valence electrons. The SMILES string of the molecule is CC/C=C\C/C=C\C/C=C\C/C=C\C/C=C\CCCCCCCC(=O)OC(COCCCCCCCCCCCCC)COP(=O)(O)OCC(N)C(=O)O. The van der Waals surface area contributed by atoms with Crippen LogP contribution in [-0.4, -0.2) is 60.5 Å². The lowest BCUT2D eigenvalue weighted by atomic mass is 10.1. The zero-order valence-corrected chi connectivity index (χ0v) is 34.7. The molecule has 0 bridgehead atoms. The Balaban J connectivity index is 4.28. The number of ether oxygens (including phenoxy) is 2. The summed E-state index contributed by atoms with van der Waals surface area (Å²) in [5.41, 5.74) is 5.34. The monoisotopic (exact) mass is 782 g/mol. The first-order valence-electron chi connectivity index (χ1n) is 20.8. The van der Waals surface area contributed by atoms with Crippen molar-refractivity contribution in [1.82, 2.24) is 0 Å². The number of hydrogen-bond donors (Lipinski definition) is 3. The lowest BCUT2D eigenvalue weighted by Gasteiger charge is -2.20. The Morgan fingerprint density at radius 3 is 1.61 bits per heavy atom. The largest absolute Gasteiger partial charge is 0.480 e. The number of phosphoric acid groups is 1. The quantitative estimate of drug-likeness (QED) is 0.0237. The van der Waals surface area contributed by atoms with E-state index in [2.05, 4.69) is 74.6 Å². The maximum atomic E-state index is 12.6. The third-order valence-electron chi connectivity index (χ3n) is 8.56. The Labute approximate surface area is 328 Å². The van der Waals surface area contributed by atoms with Crippen molar-refractivity contribution in [3.05, 3.63) is 60.8 Å². The van der Waals surface area contributed by atoms with Crippen molar-refractivity contribution in [2.45, 2.75) is 174 Å². The van der Waals surface area contributed by atoms with Crippen LogP contribution in [0, 0.1) is 0 Å². The minimum atomic E-state index is -4.62. The van der Waals surface area contributed by atoms with E-state index in [1.807, 2.05) is 0 Å². The number of carboxylic acid groups (broad SMARTS) is 1. The molecule has 0 spiro atoms. The summed E-state index contributed by atoms with van der Waals surface area (Å²) in [6, 6.07) is -1.48. The third-order valence-corrected chi connectivity index (χ3v) is 9.51. The van der Waals surface area contributed by atoms with Gasteiger partial charge in [0.05, 0.1) is 19.8 Å². The first-order valence-corrected chi connectivity index (χ1v) is 22.3. The Kier molecular flexibility index (Phi) is 37.2. The predicted molar refractivity (Wildman–Crippen MR) is 221 cm³/mol. The molecule has 4 N–H and O–H groups in total. The number of phosphoric ester groups is 1. The van der Waals surface area contributed by atoms with Crippen LogP contribution in [0.2, 0.25) is 0 Å². The van der Waals surface area contributed by atoms with Crippen LogP contribution >= 0.6 is 7.82 Å². The fraction of sp³-hybridized carbons (Fsp3) is 0.721. The number of aliphatic carboxylic acids is 1. The second kappa shape index (κ2) is 38.9. The van der Waals surface area contributed by atoms with Gasteiger partial charge in [-0.3, -0.25) is 18.6 Å². The molecule has 0 aromatic carbocycles. The lowest BCUT2D eigenvalue weighted by Crippen LogP contribution is -2.34. The molecule has 54 heavy (non-hydrogen) atoms. The molecule has 3 unspecified atom stereocenters. The van der Waals surface area contributed by atoms with E-state index in [1.54, 1.807) is 0 Å². The average molecular weight is 782 g/mol. The summed E-state index contributed by atoms with van der Waals surface area (Å²) in [6.45, 7) is 3.72. The molecule has 0 saturated heterocycles. The van der Waals surface area contributed by atoms with Crippen LogP contribution in [0.25, 0.3) is 0 Å². The summed E-state index contributed by atoms with van der Waals surface area (Å²) in [7, 11) is -4.62. The number of nitrogens with two attached hydrogens (primary N) is 1. The number of esters is 1. The van der Waals surface area contributed by atoms with Gasteiger partial charge in [0.1, 0.15) is 12.1 Å². The van der Waals surface area contributed by atoms with E-state index in [0.29, 0.717) is 13.0 Å². The second-order valence-electron chi connectivity index (χ2n) is 13.7. The first-order chi connectivity index (χ1) is 26.2. The molecule has 11 heteroatoms. The van der Waals surface area contributed by atoms with Gasteiger partial charge in [-0.2, -0.15) is 0 Å². The topological polar surface area (TPSA) is 155 Å². The Morgan fingerprint density at radius 1 is 0.611 bits per heavy atom. The summed E-state index contributed by atoms with van der Waals surface area (Å²) in [4.78, 5) is 33.5. The maximum Gasteiger partial charge on any atom is 0.472 e. The second-order valence-corrected chi connectivity index (χ2v) is 15.2. The Hall–Kier alpha value is -2.33. The van der Waals surface area contributed by atoms with Gasteiger partial charge in [0.15, 0.2) is 0 Å². The van der Waals surface area contributed by atoms with Gasteiger partial charge in [-0.05, 0) is 57.8 Å². The number of allylic oxidation sites excluding steroid dienone is 10. The zero-order valence-electron chi connectivity index (χ0n) is 33.8. The summed E-state index contributed by atoms with van der Waals surface area (Å²) >= 11 is 0. The van der Waals surface area contributed by atoms with Crippen molar-refractivity contribution in [2.75, 3.05) is 26.4 Å². The molecule has 0 aliphatic carbocycles. The van der Waals surface area contributed by atoms with E-state index in [1.165, 1.54) is 51.4 Å². The van der Waals surface area contributed by atoms with E-state index in [0.717, 1.165) is 83.5 Å². The number of hydrogen-bond acceptors (Lipinski definition) is 8. The highest BCUT2D eigenvalue weighted by Gasteiger charge is 2.27. The van der Waals surface area contributed by atoms with Crippen LogP contribution in [0.5, 0.6) is 0 Å². The van der Waals surface area contributed by atoms with Crippen molar-refractivity contribution < 1.29 is 42.7 Å². The van der Waals surface area contributed by atoms with E-state index < -0.39 is 45.1 Å². The van der Waals surface area contributed by atoms with Gasteiger partial charge in [-0.15, -0.1) is 0 Å². The third kappa shape index (κ3) is 38.0. The smallest absolute Gasteiger partial charge is 0.472 e. The highest BCUT2D eigenvalue weighted by molar-refractivity contribution is 7.47. The standard InChI is InChI=1S/C43H76NO9P/c1-3-5-7-9-11-13-15-16-17-18-19-20-21-22-23-24-25-27-29-31-33-35-42(45)53-40(38-51-54(48,49)52-39-41(44)43(46)47)37-50-36-34-32-30-28-26-14-12-10-8-6-4-2/h5,7,11,13,16-17,19-20,22-23,40-41H,3-4,6,8-10,12,14-15,18,21,24-39,44H2,1-2H3,(H,46,47)(H,48,49)/b7-5-,13-11-,17-16-,20-19-,23-22-. The van der Waals surface area contributed by atoms with Crippen molar-refractivity contribution >= 4 is 19.8 Å². The van der Waals surface area contributed by atoms with Crippen molar-refractivity contribution in [3.8, 4) is 0 Å². The van der Waals surface area contributed by atoms with Crippen LogP contribution in [0.15, 0.2) is 60.8 Å². The molecule has 0 rings (SSSR count). The van der Waals surface area contributed by atoms with Gasteiger partial charge < -0.3 is 25.2 Å². The number of unbranched alkanes of at least 4 members (excludes halogenated alkanes) is 15. The minimum absolute atomic E-state index is 0.00788. The summed E-state index contributed by atoms with van der Waals surface area (Å²) < 4.78 is 33.2. The van der Waals surface area contributed by atoms with Gasteiger partial charge in [-0.25, -0.2) is 4.57 Å². The molecule has 0 heterocycles. The summed E-state index contributed by atoms with van der Waals surface area (Å²) in [5, 5.41) is 8.88. The van der Waals surface area contributed by atoms with Gasteiger partial charge in [-0.1, -0.05) is 158 Å². The Bertz CT molecular complexity index is 1090. The van der Waals surface area contributed by atoms with Crippen LogP contribution < -0.4 is 5.73 Å². The maximum absolute atomic E-state index is 12.6. The average Bonchev–Trinajstić information content (AvgIpc) is 3.15.